The van der Waals surface area contributed by atoms with Gasteiger partial charge >= 0.3 is 5.97 Å². The molecule has 1 rings (SSSR count). The lowest BCUT2D eigenvalue weighted by Gasteiger charge is -2.39. The average molecular weight is 186 g/mol. The Morgan fingerprint density at radius 2 is 2.15 bits per heavy atom. The third kappa shape index (κ3) is 2.02. The predicted octanol–water partition coefficient (Wildman–Crippen LogP) is 1.35. The van der Waals surface area contributed by atoms with E-state index in [9.17, 15) is 9.90 Å². The number of carbonyl (C=O) groups excluding carboxylic acids is 1. The second-order valence-corrected chi connectivity index (χ2v) is 4.45. The minimum absolute atomic E-state index is 0.134. The van der Waals surface area contributed by atoms with Crippen LogP contribution in [0.5, 0.6) is 0 Å². The van der Waals surface area contributed by atoms with Crippen LogP contribution in [0.15, 0.2) is 0 Å². The third-order valence-electron chi connectivity index (χ3n) is 3.00. The smallest absolute Gasteiger partial charge is 0.311 e. The molecule has 1 saturated carbocycles. The fourth-order valence-electron chi connectivity index (χ4n) is 2.21. The van der Waals surface area contributed by atoms with Gasteiger partial charge in [-0.2, -0.15) is 0 Å². The summed E-state index contributed by atoms with van der Waals surface area (Å²) in [5.41, 5.74) is -0.134. The van der Waals surface area contributed by atoms with Gasteiger partial charge in [0, 0.05) is 0 Å². The molecule has 0 heterocycles. The molecule has 0 aromatic heterocycles. The van der Waals surface area contributed by atoms with Crippen LogP contribution in [0, 0.1) is 11.3 Å². The van der Waals surface area contributed by atoms with Crippen molar-refractivity contribution in [2.45, 2.75) is 39.2 Å². The van der Waals surface area contributed by atoms with Crippen molar-refractivity contribution in [1.29, 1.82) is 0 Å². The molecule has 2 atom stereocenters. The SMILES string of the molecule is COC(=O)[C@@H]1[C@H](O)CCCC1(C)C. The first-order valence-electron chi connectivity index (χ1n) is 4.75. The highest BCUT2D eigenvalue weighted by Crippen LogP contribution is 2.41. The van der Waals surface area contributed by atoms with Gasteiger partial charge in [0.1, 0.15) is 0 Å². The van der Waals surface area contributed by atoms with Crippen LogP contribution >= 0.6 is 0 Å². The number of aliphatic hydroxyl groups is 1. The van der Waals surface area contributed by atoms with Gasteiger partial charge in [-0.3, -0.25) is 4.79 Å². The molecule has 1 fully saturated rings. The summed E-state index contributed by atoms with van der Waals surface area (Å²) in [6, 6.07) is 0. The lowest BCUT2D eigenvalue weighted by molar-refractivity contribution is -0.158. The third-order valence-corrected chi connectivity index (χ3v) is 3.00. The molecule has 0 bridgehead atoms. The van der Waals surface area contributed by atoms with Gasteiger partial charge < -0.3 is 9.84 Å². The highest BCUT2D eigenvalue weighted by atomic mass is 16.5. The molecule has 1 aliphatic rings. The summed E-state index contributed by atoms with van der Waals surface area (Å²) in [6.45, 7) is 4.02. The highest BCUT2D eigenvalue weighted by molar-refractivity contribution is 5.74. The monoisotopic (exact) mass is 186 g/mol. The van der Waals surface area contributed by atoms with E-state index in [0.717, 1.165) is 12.8 Å². The number of esters is 1. The summed E-state index contributed by atoms with van der Waals surface area (Å²) in [5.74, 6) is -0.636. The fourth-order valence-corrected chi connectivity index (χ4v) is 2.21. The number of ether oxygens (including phenoxy) is 1. The van der Waals surface area contributed by atoms with Crippen molar-refractivity contribution in [1.82, 2.24) is 0 Å². The predicted molar refractivity (Wildman–Crippen MR) is 49.1 cm³/mol. The molecule has 3 heteroatoms. The van der Waals surface area contributed by atoms with Crippen LogP contribution in [-0.2, 0) is 9.53 Å². The lowest BCUT2D eigenvalue weighted by Crippen LogP contribution is -2.43. The minimum Gasteiger partial charge on any atom is -0.469 e. The van der Waals surface area contributed by atoms with Gasteiger partial charge in [0.15, 0.2) is 0 Å². The van der Waals surface area contributed by atoms with E-state index in [-0.39, 0.29) is 17.3 Å². The van der Waals surface area contributed by atoms with Crippen LogP contribution in [-0.4, -0.2) is 24.3 Å². The van der Waals surface area contributed by atoms with Crippen LogP contribution in [0.3, 0.4) is 0 Å². The van der Waals surface area contributed by atoms with Crippen molar-refractivity contribution in [3.05, 3.63) is 0 Å². The summed E-state index contributed by atoms with van der Waals surface area (Å²) in [4.78, 5) is 11.4. The van der Waals surface area contributed by atoms with E-state index < -0.39 is 6.10 Å². The van der Waals surface area contributed by atoms with Crippen molar-refractivity contribution in [3.63, 3.8) is 0 Å². The summed E-state index contributed by atoms with van der Waals surface area (Å²) < 4.78 is 4.70. The molecule has 0 saturated heterocycles. The second-order valence-electron chi connectivity index (χ2n) is 4.45. The first-order valence-corrected chi connectivity index (χ1v) is 4.75. The van der Waals surface area contributed by atoms with Gasteiger partial charge in [0.25, 0.3) is 0 Å². The van der Waals surface area contributed by atoms with Crippen LogP contribution < -0.4 is 0 Å². The molecular weight excluding hydrogens is 168 g/mol. The number of aliphatic hydroxyl groups excluding tert-OH is 1. The Morgan fingerprint density at radius 1 is 1.54 bits per heavy atom. The standard InChI is InChI=1S/C10H18O3/c1-10(2)6-4-5-7(11)8(10)9(12)13-3/h7-8,11H,4-6H2,1-3H3/t7-,8+/m1/s1. The zero-order chi connectivity index (χ0) is 10.1. The molecule has 0 aromatic rings. The Bertz CT molecular complexity index is 198. The maximum absolute atomic E-state index is 11.4. The molecule has 0 aliphatic heterocycles. The number of carbonyl (C=O) groups is 1. The van der Waals surface area contributed by atoms with Crippen molar-refractivity contribution in [3.8, 4) is 0 Å². The molecule has 3 nitrogen and oxygen atoms in total. The van der Waals surface area contributed by atoms with Gasteiger partial charge in [0.05, 0.1) is 19.1 Å². The zero-order valence-electron chi connectivity index (χ0n) is 8.54. The summed E-state index contributed by atoms with van der Waals surface area (Å²) in [6.07, 6.45) is 2.14. The summed E-state index contributed by atoms with van der Waals surface area (Å²) in [7, 11) is 1.37. The van der Waals surface area contributed by atoms with E-state index in [1.54, 1.807) is 0 Å². The average Bonchev–Trinajstić information content (AvgIpc) is 2.02. The molecule has 0 unspecified atom stereocenters. The summed E-state index contributed by atoms with van der Waals surface area (Å²) >= 11 is 0. The Morgan fingerprint density at radius 3 is 2.62 bits per heavy atom. The lowest BCUT2D eigenvalue weighted by atomic mass is 9.67. The molecule has 1 N–H and O–H groups in total. The summed E-state index contributed by atoms with van der Waals surface area (Å²) in [5, 5.41) is 9.71. The number of hydrogen-bond donors (Lipinski definition) is 1. The number of hydrogen-bond acceptors (Lipinski definition) is 3. The minimum atomic E-state index is -0.531. The number of methoxy groups -OCH3 is 1. The first-order chi connectivity index (χ1) is 5.99. The molecule has 76 valence electrons. The second kappa shape index (κ2) is 3.66. The highest BCUT2D eigenvalue weighted by Gasteiger charge is 2.43. The van der Waals surface area contributed by atoms with E-state index >= 15 is 0 Å². The van der Waals surface area contributed by atoms with Gasteiger partial charge in [-0.25, -0.2) is 0 Å². The Labute approximate surface area is 79.1 Å². The van der Waals surface area contributed by atoms with Gasteiger partial charge in [-0.05, 0) is 18.3 Å². The van der Waals surface area contributed by atoms with E-state index in [2.05, 4.69) is 0 Å². The van der Waals surface area contributed by atoms with E-state index in [4.69, 9.17) is 4.74 Å². The maximum Gasteiger partial charge on any atom is 0.311 e. The van der Waals surface area contributed by atoms with Crippen LogP contribution in [0.25, 0.3) is 0 Å². The van der Waals surface area contributed by atoms with Crippen molar-refractivity contribution in [2.24, 2.45) is 11.3 Å². The molecule has 0 amide bonds. The van der Waals surface area contributed by atoms with Crippen molar-refractivity contribution in [2.75, 3.05) is 7.11 Å². The molecule has 13 heavy (non-hydrogen) atoms. The van der Waals surface area contributed by atoms with E-state index in [0.29, 0.717) is 6.42 Å². The van der Waals surface area contributed by atoms with Gasteiger partial charge in [-0.15, -0.1) is 0 Å². The Balaban J connectivity index is 2.80. The van der Waals surface area contributed by atoms with Crippen molar-refractivity contribution < 1.29 is 14.6 Å². The topological polar surface area (TPSA) is 46.5 Å². The maximum atomic E-state index is 11.4. The van der Waals surface area contributed by atoms with Gasteiger partial charge in [-0.1, -0.05) is 20.3 Å². The largest absolute Gasteiger partial charge is 0.469 e. The molecule has 0 aromatic carbocycles. The first kappa shape index (κ1) is 10.5. The molecule has 0 spiro atoms. The molecule has 0 radical (unpaired) electrons. The van der Waals surface area contributed by atoms with E-state index in [1.165, 1.54) is 7.11 Å². The normalized spacial score (nSPS) is 32.6. The Hall–Kier alpha value is -0.570. The van der Waals surface area contributed by atoms with Gasteiger partial charge in [0.2, 0.25) is 0 Å². The van der Waals surface area contributed by atoms with E-state index in [1.807, 2.05) is 13.8 Å². The Kier molecular flexibility index (Phi) is 2.96. The number of rotatable bonds is 1. The van der Waals surface area contributed by atoms with Crippen LogP contribution in [0.1, 0.15) is 33.1 Å². The fraction of sp³-hybridized carbons (Fsp3) is 0.900. The van der Waals surface area contributed by atoms with Crippen LogP contribution in [0.4, 0.5) is 0 Å². The van der Waals surface area contributed by atoms with Crippen LogP contribution in [0.2, 0.25) is 0 Å². The molecular formula is C10H18O3. The molecule has 1 aliphatic carbocycles. The zero-order valence-corrected chi connectivity index (χ0v) is 8.54. The van der Waals surface area contributed by atoms with Crippen molar-refractivity contribution >= 4 is 5.97 Å². The quantitative estimate of drug-likeness (QED) is 0.629.